The molecule has 0 unspecified atom stereocenters. The first-order chi connectivity index (χ1) is 11.0. The lowest BCUT2D eigenvalue weighted by atomic mass is 10.3. The predicted molar refractivity (Wildman–Crippen MR) is 90.4 cm³/mol. The highest BCUT2D eigenvalue weighted by Gasteiger charge is 2.15. The minimum Gasteiger partial charge on any atom is -0.477 e. The van der Waals surface area contributed by atoms with Gasteiger partial charge in [0.05, 0.1) is 21.1 Å². The van der Waals surface area contributed by atoms with Gasteiger partial charge >= 0.3 is 5.97 Å². The van der Waals surface area contributed by atoms with Gasteiger partial charge < -0.3 is 10.4 Å². The molecule has 0 spiro atoms. The van der Waals surface area contributed by atoms with Gasteiger partial charge in [0, 0.05) is 17.6 Å². The maximum atomic E-state index is 12.3. The summed E-state index contributed by atoms with van der Waals surface area (Å²) in [6.45, 7) is 4.47. The first-order valence-electron chi connectivity index (χ1n) is 7.03. The van der Waals surface area contributed by atoms with Gasteiger partial charge in [-0.2, -0.15) is 5.10 Å². The van der Waals surface area contributed by atoms with E-state index in [0.717, 1.165) is 15.1 Å². The Morgan fingerprint density at radius 2 is 2.00 bits per heavy atom. The van der Waals surface area contributed by atoms with Crippen molar-refractivity contribution in [2.24, 2.45) is 0 Å². The van der Waals surface area contributed by atoms with Crippen LogP contribution in [0.25, 0.3) is 9.40 Å². The number of carboxylic acids is 1. The number of nitrogens with zero attached hydrogens (tertiary/aromatic N) is 2. The van der Waals surface area contributed by atoms with Gasteiger partial charge in [-0.15, -0.1) is 22.7 Å². The van der Waals surface area contributed by atoms with Gasteiger partial charge in [-0.25, -0.2) is 4.79 Å². The summed E-state index contributed by atoms with van der Waals surface area (Å²) >= 11 is 2.50. The lowest BCUT2D eigenvalue weighted by molar-refractivity contribution is 0.0702. The zero-order chi connectivity index (χ0) is 16.6. The third-order valence-electron chi connectivity index (χ3n) is 3.32. The number of rotatable bonds is 5. The summed E-state index contributed by atoms with van der Waals surface area (Å²) in [4.78, 5) is 24.1. The number of hydrogen-bond acceptors (Lipinski definition) is 5. The van der Waals surface area contributed by atoms with E-state index in [1.54, 1.807) is 18.3 Å². The van der Waals surface area contributed by atoms with Gasteiger partial charge in [-0.1, -0.05) is 0 Å². The molecule has 0 bridgehead atoms. The van der Waals surface area contributed by atoms with Crippen LogP contribution >= 0.6 is 22.7 Å². The zero-order valence-electron chi connectivity index (χ0n) is 12.6. The Labute approximate surface area is 140 Å². The molecule has 0 aromatic carbocycles. The SMILES string of the molecule is CC(C)n1nccc1CNC(=O)c1cc2cc(C(=O)O)sc2s1. The minimum absolute atomic E-state index is 0.160. The van der Waals surface area contributed by atoms with E-state index in [2.05, 4.69) is 10.4 Å². The van der Waals surface area contributed by atoms with Crippen LogP contribution in [0.2, 0.25) is 0 Å². The summed E-state index contributed by atoms with van der Waals surface area (Å²) in [6.07, 6.45) is 1.72. The van der Waals surface area contributed by atoms with Crippen molar-refractivity contribution < 1.29 is 14.7 Å². The van der Waals surface area contributed by atoms with Crippen molar-refractivity contribution in [2.75, 3.05) is 0 Å². The van der Waals surface area contributed by atoms with Crippen LogP contribution < -0.4 is 5.32 Å². The predicted octanol–water partition coefficient (Wildman–Crippen LogP) is 3.37. The van der Waals surface area contributed by atoms with E-state index in [9.17, 15) is 9.59 Å². The fourth-order valence-corrected chi connectivity index (χ4v) is 4.46. The third kappa shape index (κ3) is 3.13. The van der Waals surface area contributed by atoms with Crippen molar-refractivity contribution in [1.29, 1.82) is 0 Å². The number of nitrogens with one attached hydrogen (secondary N) is 1. The van der Waals surface area contributed by atoms with Crippen LogP contribution in [0.15, 0.2) is 24.4 Å². The Morgan fingerprint density at radius 3 is 2.65 bits per heavy atom. The fraction of sp³-hybridized carbons (Fsp3) is 0.267. The Hall–Kier alpha value is -2.19. The molecular weight excluding hydrogens is 334 g/mol. The minimum atomic E-state index is -0.939. The van der Waals surface area contributed by atoms with Gasteiger partial charge in [-0.05, 0) is 32.0 Å². The van der Waals surface area contributed by atoms with Crippen LogP contribution in [-0.4, -0.2) is 26.8 Å². The molecule has 120 valence electrons. The van der Waals surface area contributed by atoms with E-state index in [4.69, 9.17) is 5.11 Å². The van der Waals surface area contributed by atoms with Crippen LogP contribution in [-0.2, 0) is 6.54 Å². The number of thiophene rings is 2. The van der Waals surface area contributed by atoms with Gasteiger partial charge in [0.2, 0.25) is 0 Å². The number of carbonyl (C=O) groups is 2. The van der Waals surface area contributed by atoms with Gasteiger partial charge in [-0.3, -0.25) is 9.48 Å². The van der Waals surface area contributed by atoms with E-state index in [1.807, 2.05) is 24.6 Å². The fourth-order valence-electron chi connectivity index (χ4n) is 2.26. The molecule has 0 aliphatic heterocycles. The molecule has 8 heteroatoms. The molecule has 0 aliphatic rings. The molecule has 3 aromatic heterocycles. The number of aromatic carboxylic acids is 1. The van der Waals surface area contributed by atoms with Crippen molar-refractivity contribution in [3.8, 4) is 0 Å². The van der Waals surface area contributed by atoms with Gasteiger partial charge in [0.15, 0.2) is 0 Å². The van der Waals surface area contributed by atoms with Crippen molar-refractivity contribution in [2.45, 2.75) is 26.4 Å². The molecule has 23 heavy (non-hydrogen) atoms. The van der Waals surface area contributed by atoms with Crippen molar-refractivity contribution >= 4 is 43.9 Å². The van der Waals surface area contributed by atoms with E-state index in [1.165, 1.54) is 22.7 Å². The second-order valence-corrected chi connectivity index (χ2v) is 7.68. The average Bonchev–Trinajstić information content (AvgIpc) is 3.17. The standard InChI is InChI=1S/C15H15N3O3S2/c1-8(2)18-10(3-4-17-18)7-16-13(19)11-5-9-6-12(14(20)21)23-15(9)22-11/h3-6,8H,7H2,1-2H3,(H,16,19)(H,20,21). The molecule has 3 aromatic rings. The second kappa shape index (κ2) is 6.13. The first-order valence-corrected chi connectivity index (χ1v) is 8.66. The molecule has 0 saturated carbocycles. The Kier molecular flexibility index (Phi) is 4.18. The van der Waals surface area contributed by atoms with Crippen LogP contribution in [0.5, 0.6) is 0 Å². The largest absolute Gasteiger partial charge is 0.477 e. The maximum Gasteiger partial charge on any atom is 0.345 e. The van der Waals surface area contributed by atoms with Crippen LogP contribution in [0, 0.1) is 0 Å². The highest BCUT2D eigenvalue weighted by molar-refractivity contribution is 7.39. The number of carbonyl (C=O) groups excluding carboxylic acids is 1. The van der Waals surface area contributed by atoms with Crippen molar-refractivity contribution in [3.63, 3.8) is 0 Å². The summed E-state index contributed by atoms with van der Waals surface area (Å²) in [5.41, 5.74) is 0.944. The molecule has 0 aliphatic carbocycles. The zero-order valence-corrected chi connectivity index (χ0v) is 14.2. The molecule has 0 fully saturated rings. The lowest BCUT2D eigenvalue weighted by Gasteiger charge is -2.11. The maximum absolute atomic E-state index is 12.3. The summed E-state index contributed by atoms with van der Waals surface area (Å²) in [6, 6.07) is 5.45. The number of carboxylic acid groups (broad SMARTS) is 1. The normalized spacial score (nSPS) is 11.3. The smallest absolute Gasteiger partial charge is 0.345 e. The number of aromatic nitrogens is 2. The summed E-state index contributed by atoms with van der Waals surface area (Å²) in [7, 11) is 0. The molecule has 0 atom stereocenters. The molecule has 3 rings (SSSR count). The van der Waals surface area contributed by atoms with Crippen molar-refractivity contribution in [3.05, 3.63) is 39.8 Å². The van der Waals surface area contributed by atoms with E-state index < -0.39 is 5.97 Å². The Morgan fingerprint density at radius 1 is 1.30 bits per heavy atom. The molecular formula is C15H15N3O3S2. The number of hydrogen-bond donors (Lipinski definition) is 2. The number of fused-ring (bicyclic) bond motifs is 1. The van der Waals surface area contributed by atoms with Crippen molar-refractivity contribution in [1.82, 2.24) is 15.1 Å². The summed E-state index contributed by atoms with van der Waals surface area (Å²) in [5, 5.41) is 16.9. The molecule has 1 amide bonds. The Bertz CT molecular complexity index is 844. The van der Waals surface area contributed by atoms with Crippen LogP contribution in [0.3, 0.4) is 0 Å². The van der Waals surface area contributed by atoms with E-state index in [0.29, 0.717) is 16.3 Å². The van der Waals surface area contributed by atoms with E-state index >= 15 is 0 Å². The third-order valence-corrected chi connectivity index (χ3v) is 5.70. The van der Waals surface area contributed by atoms with E-state index in [-0.39, 0.29) is 11.9 Å². The first kappa shape index (κ1) is 15.7. The quantitative estimate of drug-likeness (QED) is 0.740. The average molecular weight is 349 g/mol. The second-order valence-electron chi connectivity index (χ2n) is 5.31. The van der Waals surface area contributed by atoms with Gasteiger partial charge in [0.25, 0.3) is 5.91 Å². The molecule has 0 saturated heterocycles. The highest BCUT2D eigenvalue weighted by Crippen LogP contribution is 2.33. The summed E-state index contributed by atoms with van der Waals surface area (Å²) < 4.78 is 2.71. The molecule has 0 radical (unpaired) electrons. The molecule has 2 N–H and O–H groups in total. The topological polar surface area (TPSA) is 84.2 Å². The lowest BCUT2D eigenvalue weighted by Crippen LogP contribution is -2.24. The molecule has 6 nitrogen and oxygen atoms in total. The summed E-state index contributed by atoms with van der Waals surface area (Å²) in [5.74, 6) is -1.10. The highest BCUT2D eigenvalue weighted by atomic mass is 32.2. The van der Waals surface area contributed by atoms with Crippen LogP contribution in [0.1, 0.15) is 44.9 Å². The Balaban J connectivity index is 1.72. The molecule has 3 heterocycles. The van der Waals surface area contributed by atoms with Gasteiger partial charge in [0.1, 0.15) is 4.88 Å². The number of amides is 1. The van der Waals surface area contributed by atoms with Crippen LogP contribution in [0.4, 0.5) is 0 Å². The monoisotopic (exact) mass is 349 g/mol.